The summed E-state index contributed by atoms with van der Waals surface area (Å²) < 4.78 is 23.7. The molecule has 0 unspecified atom stereocenters. The van der Waals surface area contributed by atoms with Crippen molar-refractivity contribution in [3.63, 3.8) is 0 Å². The second kappa shape index (κ2) is 7.70. The largest absolute Gasteiger partial charge is 0.455 e. The quantitative estimate of drug-likeness (QED) is 0.640. The Labute approximate surface area is 144 Å². The molecule has 0 saturated carbocycles. The Morgan fingerprint density at radius 1 is 1.16 bits per heavy atom. The summed E-state index contributed by atoms with van der Waals surface area (Å²) >= 11 is 0. The Bertz CT molecular complexity index is 859. The predicted molar refractivity (Wildman–Crippen MR) is 89.0 cm³/mol. The number of hydrogen-bond donors (Lipinski definition) is 0. The van der Waals surface area contributed by atoms with Crippen molar-refractivity contribution in [1.29, 1.82) is 0 Å². The monoisotopic (exact) mass is 340 g/mol. The molecule has 25 heavy (non-hydrogen) atoms. The van der Waals surface area contributed by atoms with E-state index in [1.54, 1.807) is 18.2 Å². The van der Waals surface area contributed by atoms with E-state index in [4.69, 9.17) is 9.26 Å². The van der Waals surface area contributed by atoms with Crippen LogP contribution >= 0.6 is 0 Å². The first-order valence-corrected chi connectivity index (χ1v) is 7.96. The van der Waals surface area contributed by atoms with E-state index in [2.05, 4.69) is 17.1 Å². The molecule has 0 bridgehead atoms. The molecule has 128 valence electrons. The molecule has 0 saturated heterocycles. The van der Waals surface area contributed by atoms with Crippen molar-refractivity contribution in [1.82, 2.24) is 10.1 Å². The maximum Gasteiger partial charge on any atom is 0.310 e. The van der Waals surface area contributed by atoms with Gasteiger partial charge in [0.1, 0.15) is 5.82 Å². The van der Waals surface area contributed by atoms with E-state index >= 15 is 0 Å². The van der Waals surface area contributed by atoms with Crippen molar-refractivity contribution in [2.75, 3.05) is 0 Å². The van der Waals surface area contributed by atoms with Crippen molar-refractivity contribution >= 4 is 5.97 Å². The lowest BCUT2D eigenvalue weighted by Crippen LogP contribution is -2.09. The Morgan fingerprint density at radius 3 is 2.64 bits per heavy atom. The lowest BCUT2D eigenvalue weighted by Gasteiger charge is -2.03. The molecule has 0 radical (unpaired) electrons. The molecule has 5 nitrogen and oxygen atoms in total. The van der Waals surface area contributed by atoms with Crippen LogP contribution in [0.3, 0.4) is 0 Å². The van der Waals surface area contributed by atoms with E-state index in [0.29, 0.717) is 5.82 Å². The van der Waals surface area contributed by atoms with Crippen LogP contribution in [0, 0.1) is 5.82 Å². The Balaban J connectivity index is 1.58. The first-order valence-electron chi connectivity index (χ1n) is 7.96. The van der Waals surface area contributed by atoms with Crippen LogP contribution in [0.15, 0.2) is 53.1 Å². The number of ether oxygens (including phenoxy) is 1. The second-order valence-electron chi connectivity index (χ2n) is 5.49. The zero-order valence-corrected chi connectivity index (χ0v) is 13.7. The number of benzene rings is 2. The molecule has 0 fully saturated rings. The molecule has 6 heteroatoms. The molecule has 0 N–H and O–H groups in total. The summed E-state index contributed by atoms with van der Waals surface area (Å²) in [4.78, 5) is 16.0. The highest BCUT2D eigenvalue weighted by molar-refractivity contribution is 5.72. The van der Waals surface area contributed by atoms with E-state index in [1.165, 1.54) is 11.6 Å². The fraction of sp³-hybridized carbons (Fsp3) is 0.211. The molecular formula is C19H17FN2O3. The third-order valence-electron chi connectivity index (χ3n) is 3.74. The standard InChI is InChI=1S/C19H17FN2O3/c1-2-13-7-9-14(10-8-13)19-21-17(25-22-19)12-24-18(23)11-15-5-3-4-6-16(15)20/h3-10H,2,11-12H2,1H3. The number of halogens is 1. The van der Waals surface area contributed by atoms with Gasteiger partial charge in [-0.3, -0.25) is 4.79 Å². The zero-order chi connectivity index (χ0) is 17.6. The lowest BCUT2D eigenvalue weighted by atomic mass is 10.1. The number of aromatic nitrogens is 2. The highest BCUT2D eigenvalue weighted by Gasteiger charge is 2.13. The van der Waals surface area contributed by atoms with Gasteiger partial charge < -0.3 is 9.26 Å². The number of esters is 1. The maximum absolute atomic E-state index is 13.5. The minimum Gasteiger partial charge on any atom is -0.455 e. The van der Waals surface area contributed by atoms with Gasteiger partial charge in [-0.05, 0) is 23.6 Å². The van der Waals surface area contributed by atoms with Crippen molar-refractivity contribution in [2.45, 2.75) is 26.4 Å². The molecule has 0 amide bonds. The molecule has 3 rings (SSSR count). The molecule has 0 spiro atoms. The fourth-order valence-corrected chi connectivity index (χ4v) is 2.31. The number of rotatable bonds is 6. The molecule has 0 aliphatic heterocycles. The van der Waals surface area contributed by atoms with Gasteiger partial charge in [0.05, 0.1) is 6.42 Å². The van der Waals surface area contributed by atoms with Gasteiger partial charge in [0.25, 0.3) is 5.89 Å². The summed E-state index contributed by atoms with van der Waals surface area (Å²) in [5.41, 5.74) is 2.33. The molecule has 3 aromatic rings. The van der Waals surface area contributed by atoms with Crippen LogP contribution < -0.4 is 0 Å². The molecule has 0 atom stereocenters. The van der Waals surface area contributed by atoms with Crippen LogP contribution in [0.2, 0.25) is 0 Å². The average molecular weight is 340 g/mol. The lowest BCUT2D eigenvalue weighted by molar-refractivity contribution is -0.144. The first kappa shape index (κ1) is 16.8. The predicted octanol–water partition coefficient (Wildman–Crippen LogP) is 3.72. The Hall–Kier alpha value is -3.02. The van der Waals surface area contributed by atoms with Crippen LogP contribution in [-0.2, 0) is 29.0 Å². The van der Waals surface area contributed by atoms with Gasteiger partial charge in [-0.2, -0.15) is 4.98 Å². The summed E-state index contributed by atoms with van der Waals surface area (Å²) in [5.74, 6) is -0.369. The van der Waals surface area contributed by atoms with Crippen molar-refractivity contribution in [3.05, 3.63) is 71.4 Å². The maximum atomic E-state index is 13.5. The normalized spacial score (nSPS) is 10.6. The average Bonchev–Trinajstić information content (AvgIpc) is 3.11. The first-order chi connectivity index (χ1) is 12.2. The van der Waals surface area contributed by atoms with E-state index in [1.807, 2.05) is 24.3 Å². The smallest absolute Gasteiger partial charge is 0.310 e. The number of aryl methyl sites for hydroxylation is 1. The van der Waals surface area contributed by atoms with Crippen LogP contribution in [0.1, 0.15) is 23.9 Å². The van der Waals surface area contributed by atoms with E-state index in [0.717, 1.165) is 12.0 Å². The molecule has 0 aliphatic rings. The number of nitrogens with zero attached hydrogens (tertiary/aromatic N) is 2. The van der Waals surface area contributed by atoms with Crippen molar-refractivity contribution in [2.24, 2.45) is 0 Å². The van der Waals surface area contributed by atoms with Crippen LogP contribution in [0.4, 0.5) is 4.39 Å². The van der Waals surface area contributed by atoms with Gasteiger partial charge in [0.2, 0.25) is 5.82 Å². The molecule has 0 aliphatic carbocycles. The Kier molecular flexibility index (Phi) is 5.18. The third kappa shape index (κ3) is 4.29. The minimum absolute atomic E-state index is 0.146. The second-order valence-corrected chi connectivity index (χ2v) is 5.49. The third-order valence-corrected chi connectivity index (χ3v) is 3.74. The van der Waals surface area contributed by atoms with Gasteiger partial charge in [-0.15, -0.1) is 0 Å². The topological polar surface area (TPSA) is 65.2 Å². The van der Waals surface area contributed by atoms with Gasteiger partial charge in [0.15, 0.2) is 6.61 Å². The molecular weight excluding hydrogens is 323 g/mol. The molecule has 1 aromatic heterocycles. The van der Waals surface area contributed by atoms with E-state index < -0.39 is 11.8 Å². The summed E-state index contributed by atoms with van der Waals surface area (Å²) in [7, 11) is 0. The highest BCUT2D eigenvalue weighted by Crippen LogP contribution is 2.17. The summed E-state index contributed by atoms with van der Waals surface area (Å²) in [6.07, 6.45) is 0.807. The zero-order valence-electron chi connectivity index (χ0n) is 13.7. The summed E-state index contributed by atoms with van der Waals surface area (Å²) in [5, 5.41) is 3.88. The number of carbonyl (C=O) groups excluding carboxylic acids is 1. The number of hydrogen-bond acceptors (Lipinski definition) is 5. The van der Waals surface area contributed by atoms with Crippen molar-refractivity contribution in [3.8, 4) is 11.4 Å². The summed E-state index contributed by atoms with van der Waals surface area (Å²) in [6.45, 7) is 1.93. The van der Waals surface area contributed by atoms with Gasteiger partial charge in [0, 0.05) is 5.56 Å². The minimum atomic E-state index is -0.558. The summed E-state index contributed by atoms with van der Waals surface area (Å²) in [6, 6.07) is 13.9. The van der Waals surface area contributed by atoms with Gasteiger partial charge in [-0.25, -0.2) is 4.39 Å². The van der Waals surface area contributed by atoms with Gasteiger partial charge >= 0.3 is 5.97 Å². The van der Waals surface area contributed by atoms with Crippen LogP contribution in [0.5, 0.6) is 0 Å². The van der Waals surface area contributed by atoms with Crippen LogP contribution in [-0.4, -0.2) is 16.1 Å². The fourth-order valence-electron chi connectivity index (χ4n) is 2.31. The Morgan fingerprint density at radius 2 is 1.92 bits per heavy atom. The highest BCUT2D eigenvalue weighted by atomic mass is 19.1. The van der Waals surface area contributed by atoms with E-state index in [-0.39, 0.29) is 24.5 Å². The SMILES string of the molecule is CCc1ccc(-c2noc(COC(=O)Cc3ccccc3F)n2)cc1. The van der Waals surface area contributed by atoms with E-state index in [9.17, 15) is 9.18 Å². The molecule has 1 heterocycles. The van der Waals surface area contributed by atoms with Gasteiger partial charge in [-0.1, -0.05) is 54.5 Å². The van der Waals surface area contributed by atoms with Crippen molar-refractivity contribution < 1.29 is 18.4 Å². The van der Waals surface area contributed by atoms with Crippen LogP contribution in [0.25, 0.3) is 11.4 Å². The number of carbonyl (C=O) groups is 1. The molecule has 2 aromatic carbocycles.